The molecule has 2 aromatic carbocycles. The van der Waals surface area contributed by atoms with Crippen molar-refractivity contribution in [3.8, 4) is 17.2 Å². The molecule has 0 atom stereocenters. The van der Waals surface area contributed by atoms with Crippen molar-refractivity contribution in [3.63, 3.8) is 0 Å². The minimum Gasteiger partial charge on any atom is -0.497 e. The van der Waals surface area contributed by atoms with E-state index in [9.17, 15) is 0 Å². The lowest BCUT2D eigenvalue weighted by Crippen LogP contribution is -2.08. The van der Waals surface area contributed by atoms with Crippen LogP contribution in [0.3, 0.4) is 0 Å². The van der Waals surface area contributed by atoms with Crippen LogP contribution in [0.1, 0.15) is 24.7 Å². The highest BCUT2D eigenvalue weighted by atomic mass is 35.5. The molecule has 0 bridgehead atoms. The summed E-state index contributed by atoms with van der Waals surface area (Å²) < 4.78 is 19.0. The van der Waals surface area contributed by atoms with Gasteiger partial charge in [-0.1, -0.05) is 35.5 Å². The molecule has 0 amide bonds. The third-order valence-corrected chi connectivity index (χ3v) is 5.70. The molecular weight excluding hydrogens is 410 g/mol. The highest BCUT2D eigenvalue weighted by Crippen LogP contribution is 2.39. The molecule has 0 radical (unpaired) electrons. The van der Waals surface area contributed by atoms with Gasteiger partial charge < -0.3 is 18.8 Å². The van der Waals surface area contributed by atoms with Gasteiger partial charge in [0.1, 0.15) is 23.9 Å². The summed E-state index contributed by atoms with van der Waals surface area (Å²) in [5.74, 6) is 3.90. The lowest BCUT2D eigenvalue weighted by molar-refractivity contribution is 0.288. The zero-order chi connectivity index (χ0) is 20.1. The van der Waals surface area contributed by atoms with Crippen molar-refractivity contribution in [1.29, 1.82) is 0 Å². The summed E-state index contributed by atoms with van der Waals surface area (Å²) in [6.45, 7) is 0.927. The second kappa shape index (κ2) is 9.41. The highest BCUT2D eigenvalue weighted by Gasteiger charge is 2.29. The highest BCUT2D eigenvalue weighted by molar-refractivity contribution is 7.99. The summed E-state index contributed by atoms with van der Waals surface area (Å²) in [5.41, 5.74) is 0. The number of aromatic nitrogens is 3. The number of ether oxygens (including phenoxy) is 3. The number of halogens is 1. The Bertz CT molecular complexity index is 945. The van der Waals surface area contributed by atoms with Crippen molar-refractivity contribution in [3.05, 3.63) is 59.4 Å². The molecule has 0 spiro atoms. The molecule has 152 valence electrons. The molecular formula is C21H22ClN3O3S. The van der Waals surface area contributed by atoms with Crippen LogP contribution in [0.5, 0.6) is 17.2 Å². The fourth-order valence-corrected chi connectivity index (χ4v) is 3.90. The minimum absolute atomic E-state index is 0.343. The Balaban J connectivity index is 1.32. The molecule has 1 aromatic heterocycles. The van der Waals surface area contributed by atoms with E-state index in [2.05, 4.69) is 14.8 Å². The lowest BCUT2D eigenvalue weighted by atomic mass is 10.3. The maximum absolute atomic E-state index is 6.17. The maximum atomic E-state index is 6.17. The summed E-state index contributed by atoms with van der Waals surface area (Å²) >= 11 is 7.82. The lowest BCUT2D eigenvalue weighted by Gasteiger charge is -2.11. The summed E-state index contributed by atoms with van der Waals surface area (Å²) in [4.78, 5) is 0. The van der Waals surface area contributed by atoms with Gasteiger partial charge in [0, 0.05) is 11.8 Å². The van der Waals surface area contributed by atoms with Crippen LogP contribution in [0.4, 0.5) is 0 Å². The van der Waals surface area contributed by atoms with Crippen LogP contribution in [-0.4, -0.2) is 34.2 Å². The van der Waals surface area contributed by atoms with Crippen LogP contribution >= 0.6 is 23.4 Å². The molecule has 1 saturated carbocycles. The van der Waals surface area contributed by atoms with E-state index in [-0.39, 0.29) is 0 Å². The number of rotatable bonds is 10. The molecule has 1 aliphatic rings. The fraction of sp³-hybridized carbons (Fsp3) is 0.333. The fourth-order valence-electron chi connectivity index (χ4n) is 2.87. The van der Waals surface area contributed by atoms with E-state index in [1.807, 2.05) is 48.5 Å². The second-order valence-electron chi connectivity index (χ2n) is 6.59. The first kappa shape index (κ1) is 19.9. The third kappa shape index (κ3) is 5.16. The molecule has 3 aromatic rings. The van der Waals surface area contributed by atoms with Gasteiger partial charge in [0.25, 0.3) is 0 Å². The number of para-hydroxylation sites is 1. The first-order valence-corrected chi connectivity index (χ1v) is 10.8. The molecule has 0 saturated heterocycles. The number of nitrogens with zero attached hydrogens (tertiary/aromatic N) is 3. The number of thioether (sulfide) groups is 1. The van der Waals surface area contributed by atoms with E-state index in [1.165, 1.54) is 0 Å². The number of hydrogen-bond acceptors (Lipinski definition) is 6. The number of hydrogen-bond donors (Lipinski definition) is 0. The van der Waals surface area contributed by atoms with Gasteiger partial charge in [0.2, 0.25) is 0 Å². The zero-order valence-electron chi connectivity index (χ0n) is 16.1. The van der Waals surface area contributed by atoms with E-state index in [0.29, 0.717) is 30.0 Å². The Kier molecular flexibility index (Phi) is 6.46. The molecule has 8 heteroatoms. The predicted octanol–water partition coefficient (Wildman–Crippen LogP) is 5.03. The van der Waals surface area contributed by atoms with Crippen LogP contribution < -0.4 is 14.2 Å². The summed E-state index contributed by atoms with van der Waals surface area (Å²) in [7, 11) is 1.65. The van der Waals surface area contributed by atoms with Crippen LogP contribution in [0.15, 0.2) is 53.7 Å². The van der Waals surface area contributed by atoms with E-state index in [4.69, 9.17) is 25.8 Å². The maximum Gasteiger partial charge on any atom is 0.191 e. The van der Waals surface area contributed by atoms with Crippen LogP contribution in [-0.2, 0) is 6.61 Å². The van der Waals surface area contributed by atoms with E-state index < -0.39 is 0 Å². The van der Waals surface area contributed by atoms with E-state index in [0.717, 1.165) is 41.1 Å². The van der Waals surface area contributed by atoms with Gasteiger partial charge in [-0.25, -0.2) is 0 Å². The molecule has 6 nitrogen and oxygen atoms in total. The quantitative estimate of drug-likeness (QED) is 0.331. The second-order valence-corrected chi connectivity index (χ2v) is 8.06. The summed E-state index contributed by atoms with van der Waals surface area (Å²) in [6.07, 6.45) is 2.29. The third-order valence-electron chi connectivity index (χ3n) is 4.48. The largest absolute Gasteiger partial charge is 0.497 e. The first-order valence-electron chi connectivity index (χ1n) is 9.45. The molecule has 29 heavy (non-hydrogen) atoms. The zero-order valence-corrected chi connectivity index (χ0v) is 17.7. The van der Waals surface area contributed by atoms with Crippen LogP contribution in [0.2, 0.25) is 5.02 Å². The molecule has 1 fully saturated rings. The van der Waals surface area contributed by atoms with Gasteiger partial charge in [-0.15, -0.1) is 10.2 Å². The van der Waals surface area contributed by atoms with Gasteiger partial charge in [-0.2, -0.15) is 0 Å². The minimum atomic E-state index is 0.343. The molecule has 0 N–H and O–H groups in total. The number of benzene rings is 2. The van der Waals surface area contributed by atoms with E-state index in [1.54, 1.807) is 18.9 Å². The predicted molar refractivity (Wildman–Crippen MR) is 113 cm³/mol. The topological polar surface area (TPSA) is 58.4 Å². The molecule has 0 unspecified atom stereocenters. The standard InChI is InChI=1S/C21H22ClN3O3S/c1-26-16-8-10-17(11-9-16)27-12-13-29-21-24-23-20(25(21)15-6-7-15)14-28-19-5-3-2-4-18(19)22/h2-5,8-11,15H,6-7,12-14H2,1H3. The Morgan fingerprint density at radius 1 is 1.03 bits per heavy atom. The van der Waals surface area contributed by atoms with Crippen molar-refractivity contribution < 1.29 is 14.2 Å². The van der Waals surface area contributed by atoms with Gasteiger partial charge in [-0.05, 0) is 49.2 Å². The van der Waals surface area contributed by atoms with Crippen molar-refractivity contribution in [2.45, 2.75) is 30.6 Å². The van der Waals surface area contributed by atoms with Gasteiger partial charge >= 0.3 is 0 Å². The van der Waals surface area contributed by atoms with Gasteiger partial charge in [-0.3, -0.25) is 0 Å². The average molecular weight is 432 g/mol. The first-order chi connectivity index (χ1) is 14.2. The van der Waals surface area contributed by atoms with Crippen molar-refractivity contribution in [1.82, 2.24) is 14.8 Å². The molecule has 1 heterocycles. The number of methoxy groups -OCH3 is 1. The normalized spacial score (nSPS) is 13.3. The monoisotopic (exact) mass is 431 g/mol. The Hall–Kier alpha value is -2.38. The Labute approximate surface area is 179 Å². The van der Waals surface area contributed by atoms with Gasteiger partial charge in [0.05, 0.1) is 18.7 Å². The summed E-state index contributed by atoms with van der Waals surface area (Å²) in [5, 5.41) is 10.2. The molecule has 1 aliphatic carbocycles. The smallest absolute Gasteiger partial charge is 0.191 e. The molecule has 0 aliphatic heterocycles. The SMILES string of the molecule is COc1ccc(OCCSc2nnc(COc3ccccc3Cl)n2C2CC2)cc1. The van der Waals surface area contributed by atoms with Crippen molar-refractivity contribution in [2.24, 2.45) is 0 Å². The Morgan fingerprint density at radius 2 is 1.79 bits per heavy atom. The Morgan fingerprint density at radius 3 is 2.52 bits per heavy atom. The van der Waals surface area contributed by atoms with Crippen molar-refractivity contribution in [2.75, 3.05) is 19.5 Å². The van der Waals surface area contributed by atoms with Crippen molar-refractivity contribution >= 4 is 23.4 Å². The summed E-state index contributed by atoms with van der Waals surface area (Å²) in [6, 6.07) is 15.5. The molecule has 4 rings (SSSR count). The average Bonchev–Trinajstić information content (AvgIpc) is 3.51. The van der Waals surface area contributed by atoms with Gasteiger partial charge in [0.15, 0.2) is 11.0 Å². The van der Waals surface area contributed by atoms with Crippen LogP contribution in [0, 0.1) is 0 Å². The van der Waals surface area contributed by atoms with E-state index >= 15 is 0 Å². The van der Waals surface area contributed by atoms with Crippen LogP contribution in [0.25, 0.3) is 0 Å².